The van der Waals surface area contributed by atoms with Crippen molar-refractivity contribution in [3.05, 3.63) is 0 Å². The van der Waals surface area contributed by atoms with Crippen LogP contribution in [0.15, 0.2) is 0 Å². The van der Waals surface area contributed by atoms with Crippen molar-refractivity contribution in [2.45, 2.75) is 82.4 Å². The van der Waals surface area contributed by atoms with Gasteiger partial charge in [-0.25, -0.2) is 4.79 Å². The predicted molar refractivity (Wildman–Crippen MR) is 110 cm³/mol. The van der Waals surface area contributed by atoms with Gasteiger partial charge in [0.2, 0.25) is 11.8 Å². The molecule has 1 heterocycles. The molecular formula is C22H33N3O6. The fourth-order valence-corrected chi connectivity index (χ4v) is 5.83. The summed E-state index contributed by atoms with van der Waals surface area (Å²) < 4.78 is 5.56. The zero-order valence-corrected chi connectivity index (χ0v) is 17.8. The van der Waals surface area contributed by atoms with Crippen LogP contribution in [0.25, 0.3) is 0 Å². The van der Waals surface area contributed by atoms with Crippen LogP contribution in [0.3, 0.4) is 0 Å². The number of primary amides is 1. The summed E-state index contributed by atoms with van der Waals surface area (Å²) in [5, 5.41) is 12.0. The first-order valence-corrected chi connectivity index (χ1v) is 11.6. The van der Waals surface area contributed by atoms with Crippen LogP contribution >= 0.6 is 0 Å². The van der Waals surface area contributed by atoms with Crippen LogP contribution in [0.2, 0.25) is 0 Å². The monoisotopic (exact) mass is 435 g/mol. The molecule has 0 aromatic rings. The third-order valence-electron chi connectivity index (χ3n) is 7.68. The number of rotatable bonds is 8. The topological polar surface area (TPSA) is 139 Å². The molecule has 0 bridgehead atoms. The molecule has 3 aliphatic carbocycles. The summed E-state index contributed by atoms with van der Waals surface area (Å²) in [4.78, 5) is 50.2. The molecule has 9 heteroatoms. The number of fused-ring (bicyclic) bond motifs is 1. The maximum Gasteiger partial charge on any atom is 0.408 e. The standard InChI is InChI=1S/C22H33N3O6/c23-19(26)18-2-1-7-25(18)20(27)17(6-4-12-3-5-13(8-12)21(28)29)24-22(30)31-16-10-14-9-15(14)11-16/h12-18H,1-11H2,(H2,23,26)(H,24,30)(H,28,29)/t12?,13-,14?,15?,16?,17-,18-/m0/s1. The van der Waals surface area contributed by atoms with E-state index in [0.29, 0.717) is 56.9 Å². The van der Waals surface area contributed by atoms with E-state index in [2.05, 4.69) is 5.32 Å². The number of amides is 3. The van der Waals surface area contributed by atoms with Gasteiger partial charge in [-0.2, -0.15) is 0 Å². The molecule has 0 aromatic carbocycles. The number of nitrogens with one attached hydrogen (secondary N) is 1. The zero-order valence-electron chi connectivity index (χ0n) is 17.8. The van der Waals surface area contributed by atoms with Crippen molar-refractivity contribution >= 4 is 23.9 Å². The Morgan fingerprint density at radius 1 is 1.06 bits per heavy atom. The minimum absolute atomic E-state index is 0.0872. The van der Waals surface area contributed by atoms with E-state index in [9.17, 15) is 24.3 Å². The van der Waals surface area contributed by atoms with Crippen molar-refractivity contribution in [3.8, 4) is 0 Å². The predicted octanol–water partition coefficient (Wildman–Crippen LogP) is 1.64. The van der Waals surface area contributed by atoms with Crippen molar-refractivity contribution in [2.24, 2.45) is 29.4 Å². The van der Waals surface area contributed by atoms with Crippen LogP contribution in [0.4, 0.5) is 4.79 Å². The molecular weight excluding hydrogens is 402 g/mol. The second-order valence-corrected chi connectivity index (χ2v) is 9.84. The number of carbonyl (C=O) groups is 4. The molecule has 4 N–H and O–H groups in total. The third kappa shape index (κ3) is 5.13. The Hall–Kier alpha value is -2.32. The van der Waals surface area contributed by atoms with Crippen molar-refractivity contribution in [3.63, 3.8) is 0 Å². The number of aliphatic carboxylic acids is 1. The molecule has 0 aromatic heterocycles. The van der Waals surface area contributed by atoms with Crippen molar-refractivity contribution in [2.75, 3.05) is 6.54 Å². The van der Waals surface area contributed by atoms with Crippen LogP contribution in [0.1, 0.15) is 64.2 Å². The molecule has 4 fully saturated rings. The van der Waals surface area contributed by atoms with E-state index in [1.807, 2.05) is 0 Å². The first kappa shape index (κ1) is 21.9. The molecule has 3 unspecified atom stereocenters. The molecule has 1 aliphatic heterocycles. The van der Waals surface area contributed by atoms with Crippen LogP contribution in [0.5, 0.6) is 0 Å². The first-order valence-electron chi connectivity index (χ1n) is 11.6. The summed E-state index contributed by atoms with van der Waals surface area (Å²) in [6.45, 7) is 0.441. The van der Waals surface area contributed by atoms with E-state index in [1.165, 1.54) is 11.3 Å². The van der Waals surface area contributed by atoms with Gasteiger partial charge in [-0.15, -0.1) is 0 Å². The molecule has 4 aliphatic rings. The molecule has 3 saturated carbocycles. The summed E-state index contributed by atoms with van der Waals surface area (Å²) in [5.74, 6) is -0.364. The van der Waals surface area contributed by atoms with E-state index < -0.39 is 30.1 Å². The van der Waals surface area contributed by atoms with E-state index in [0.717, 1.165) is 19.3 Å². The summed E-state index contributed by atoms with van der Waals surface area (Å²) >= 11 is 0. The lowest BCUT2D eigenvalue weighted by atomic mass is 9.96. The van der Waals surface area contributed by atoms with Gasteiger partial charge in [-0.3, -0.25) is 14.4 Å². The normalized spacial score (nSPS) is 34.8. The van der Waals surface area contributed by atoms with Crippen molar-refractivity contribution in [1.82, 2.24) is 10.2 Å². The number of hydrogen-bond acceptors (Lipinski definition) is 5. The highest BCUT2D eigenvalue weighted by Gasteiger charge is 2.47. The SMILES string of the molecule is NC(=O)[C@@H]1CCCN1C(=O)[C@H](CCC1CC[C@H](C(=O)O)C1)NC(=O)OC1CC2CC2C1. The molecule has 172 valence electrons. The van der Waals surface area contributed by atoms with Gasteiger partial charge in [0.05, 0.1) is 5.92 Å². The van der Waals surface area contributed by atoms with Crippen LogP contribution in [-0.2, 0) is 19.1 Å². The van der Waals surface area contributed by atoms with E-state index in [4.69, 9.17) is 10.5 Å². The van der Waals surface area contributed by atoms with Gasteiger partial charge in [0.15, 0.2) is 0 Å². The summed E-state index contributed by atoms with van der Waals surface area (Å²) in [7, 11) is 0. The molecule has 0 radical (unpaired) electrons. The van der Waals surface area contributed by atoms with Crippen LogP contribution in [-0.4, -0.2) is 58.6 Å². The van der Waals surface area contributed by atoms with Crippen molar-refractivity contribution in [1.29, 1.82) is 0 Å². The quantitative estimate of drug-likeness (QED) is 0.530. The molecule has 4 rings (SSSR count). The summed E-state index contributed by atoms with van der Waals surface area (Å²) in [6, 6.07) is -1.44. The van der Waals surface area contributed by atoms with Crippen molar-refractivity contribution < 1.29 is 29.0 Å². The lowest BCUT2D eigenvalue weighted by molar-refractivity contribution is -0.141. The lowest BCUT2D eigenvalue weighted by Crippen LogP contribution is -2.53. The Bertz CT molecular complexity index is 733. The van der Waals surface area contributed by atoms with E-state index >= 15 is 0 Å². The molecule has 31 heavy (non-hydrogen) atoms. The minimum atomic E-state index is -0.799. The number of carboxylic acids is 1. The molecule has 6 atom stereocenters. The molecule has 9 nitrogen and oxygen atoms in total. The Kier molecular flexibility index (Phi) is 6.39. The van der Waals surface area contributed by atoms with Crippen LogP contribution in [0, 0.1) is 23.7 Å². The number of likely N-dealkylation sites (tertiary alicyclic amines) is 1. The van der Waals surface area contributed by atoms with Gasteiger partial charge in [0, 0.05) is 6.54 Å². The molecule has 0 spiro atoms. The Morgan fingerprint density at radius 2 is 1.81 bits per heavy atom. The Labute approximate surface area is 182 Å². The summed E-state index contributed by atoms with van der Waals surface area (Å²) in [6.07, 6.45) is 6.65. The second kappa shape index (κ2) is 9.04. The maximum atomic E-state index is 13.2. The Balaban J connectivity index is 1.36. The number of carboxylic acid groups (broad SMARTS) is 1. The fraction of sp³-hybridized carbons (Fsp3) is 0.818. The number of hydrogen-bond donors (Lipinski definition) is 3. The number of ether oxygens (including phenoxy) is 1. The van der Waals surface area contributed by atoms with Gasteiger partial charge in [-0.1, -0.05) is 0 Å². The smallest absolute Gasteiger partial charge is 0.408 e. The van der Waals surface area contributed by atoms with Gasteiger partial charge < -0.3 is 25.8 Å². The van der Waals surface area contributed by atoms with Crippen LogP contribution < -0.4 is 11.1 Å². The average molecular weight is 436 g/mol. The zero-order chi connectivity index (χ0) is 22.1. The fourth-order valence-electron chi connectivity index (χ4n) is 5.83. The highest BCUT2D eigenvalue weighted by molar-refractivity contribution is 5.91. The molecule has 3 amide bonds. The maximum absolute atomic E-state index is 13.2. The summed E-state index contributed by atoms with van der Waals surface area (Å²) in [5.41, 5.74) is 5.47. The highest BCUT2D eigenvalue weighted by atomic mass is 16.6. The van der Waals surface area contributed by atoms with E-state index in [1.54, 1.807) is 0 Å². The number of alkyl carbamates (subject to hydrolysis) is 1. The lowest BCUT2D eigenvalue weighted by Gasteiger charge is -2.28. The second-order valence-electron chi connectivity index (χ2n) is 9.84. The minimum Gasteiger partial charge on any atom is -0.481 e. The number of carbonyl (C=O) groups excluding carboxylic acids is 3. The largest absolute Gasteiger partial charge is 0.481 e. The number of nitrogens with zero attached hydrogens (tertiary/aromatic N) is 1. The van der Waals surface area contributed by atoms with Gasteiger partial charge in [0.25, 0.3) is 0 Å². The van der Waals surface area contributed by atoms with Gasteiger partial charge in [-0.05, 0) is 82.0 Å². The molecule has 1 saturated heterocycles. The van der Waals surface area contributed by atoms with Gasteiger partial charge >= 0.3 is 12.1 Å². The average Bonchev–Trinajstić information content (AvgIpc) is 3.17. The van der Waals surface area contributed by atoms with E-state index in [-0.39, 0.29) is 23.8 Å². The first-order chi connectivity index (χ1) is 14.8. The number of nitrogens with two attached hydrogens (primary N) is 1. The van der Waals surface area contributed by atoms with Gasteiger partial charge in [0.1, 0.15) is 18.2 Å². The third-order valence-corrected chi connectivity index (χ3v) is 7.68. The highest BCUT2D eigenvalue weighted by Crippen LogP contribution is 2.52. The Morgan fingerprint density at radius 3 is 2.45 bits per heavy atom.